The Labute approximate surface area is 93.4 Å². The zero-order valence-corrected chi connectivity index (χ0v) is 9.17. The van der Waals surface area contributed by atoms with Gasteiger partial charge in [0.2, 0.25) is 0 Å². The molecule has 1 saturated heterocycles. The number of cyclic esters (lactones) is 1. The number of carbonyl (C=O) groups is 1. The first-order valence-electron chi connectivity index (χ1n) is 4.82. The van der Waals surface area contributed by atoms with Gasteiger partial charge >= 0.3 is 6.09 Å². The Balaban J connectivity index is 2.36. The van der Waals surface area contributed by atoms with Gasteiger partial charge in [0.1, 0.15) is 0 Å². The number of nitrogens with one attached hydrogen (secondary N) is 1. The molecule has 1 N–H and O–H groups in total. The van der Waals surface area contributed by atoms with Gasteiger partial charge in [0.15, 0.2) is 0 Å². The first-order valence-corrected chi connectivity index (χ1v) is 5.19. The second-order valence-electron chi connectivity index (χ2n) is 3.82. The lowest BCUT2D eigenvalue weighted by atomic mass is 9.88. The van der Waals surface area contributed by atoms with E-state index in [1.54, 1.807) is 0 Å². The number of rotatable bonds is 1. The van der Waals surface area contributed by atoms with E-state index in [2.05, 4.69) is 5.32 Å². The van der Waals surface area contributed by atoms with E-state index < -0.39 is 5.54 Å². The lowest BCUT2D eigenvalue weighted by molar-refractivity contribution is 0.0917. The van der Waals surface area contributed by atoms with Gasteiger partial charge in [0.25, 0.3) is 0 Å². The Hall–Kier alpha value is -1.22. The summed E-state index contributed by atoms with van der Waals surface area (Å²) in [7, 11) is 0. The molecule has 1 aromatic rings. The summed E-state index contributed by atoms with van der Waals surface area (Å²) in [5, 5.41) is 3.47. The number of alkyl carbamates (subject to hydrolysis) is 1. The number of amides is 1. The summed E-state index contributed by atoms with van der Waals surface area (Å²) in [6.07, 6.45) is 0.339. The van der Waals surface area contributed by atoms with E-state index in [1.807, 2.05) is 31.2 Å². The number of hydrogen-bond donors (Lipinski definition) is 1. The molecule has 0 spiro atoms. The molecule has 0 radical (unpaired) electrons. The molecule has 1 atom stereocenters. The standard InChI is InChI=1S/C11H12ClNO2/c1-11(6-7-15-10(14)13-11)8-4-2-3-5-9(8)12/h2-5H,6-7H2,1H3,(H,13,14). The lowest BCUT2D eigenvalue weighted by Crippen LogP contribution is -2.48. The number of carbonyl (C=O) groups excluding carboxylic acids is 1. The third-order valence-corrected chi connectivity index (χ3v) is 3.01. The molecule has 1 amide bonds. The summed E-state index contributed by atoms with van der Waals surface area (Å²) in [6, 6.07) is 7.53. The third-order valence-electron chi connectivity index (χ3n) is 2.68. The number of halogens is 1. The zero-order valence-electron chi connectivity index (χ0n) is 8.42. The highest BCUT2D eigenvalue weighted by molar-refractivity contribution is 6.31. The summed E-state index contributed by atoms with van der Waals surface area (Å²) >= 11 is 6.10. The van der Waals surface area contributed by atoms with Crippen molar-refractivity contribution >= 4 is 17.7 Å². The van der Waals surface area contributed by atoms with Gasteiger partial charge in [-0.25, -0.2) is 4.79 Å². The molecule has 2 rings (SSSR count). The van der Waals surface area contributed by atoms with Gasteiger partial charge in [0.05, 0.1) is 12.1 Å². The lowest BCUT2D eigenvalue weighted by Gasteiger charge is -2.35. The molecule has 3 nitrogen and oxygen atoms in total. The average Bonchev–Trinajstić information content (AvgIpc) is 2.17. The highest BCUT2D eigenvalue weighted by atomic mass is 35.5. The molecule has 1 heterocycles. The molecular formula is C11H12ClNO2. The van der Waals surface area contributed by atoms with Crippen LogP contribution in [0.3, 0.4) is 0 Å². The molecule has 1 unspecified atom stereocenters. The van der Waals surface area contributed by atoms with Crippen molar-refractivity contribution in [3.05, 3.63) is 34.9 Å². The molecule has 1 fully saturated rings. The largest absolute Gasteiger partial charge is 0.449 e. The molecule has 0 saturated carbocycles. The molecular weight excluding hydrogens is 214 g/mol. The maximum absolute atomic E-state index is 11.2. The van der Waals surface area contributed by atoms with Crippen molar-refractivity contribution in [3.63, 3.8) is 0 Å². The Bertz CT molecular complexity index is 394. The molecule has 0 bridgehead atoms. The van der Waals surface area contributed by atoms with Gasteiger partial charge < -0.3 is 10.1 Å². The van der Waals surface area contributed by atoms with Crippen LogP contribution in [0, 0.1) is 0 Å². The van der Waals surface area contributed by atoms with Crippen LogP contribution in [-0.4, -0.2) is 12.7 Å². The molecule has 1 aliphatic heterocycles. The van der Waals surface area contributed by atoms with Crippen LogP contribution in [0.15, 0.2) is 24.3 Å². The van der Waals surface area contributed by atoms with E-state index in [4.69, 9.17) is 16.3 Å². The normalized spacial score (nSPS) is 25.6. The SMILES string of the molecule is CC1(c2ccccc2Cl)CCOC(=O)N1. The van der Waals surface area contributed by atoms with Crippen molar-refractivity contribution in [2.75, 3.05) is 6.61 Å². The van der Waals surface area contributed by atoms with Crippen molar-refractivity contribution in [1.82, 2.24) is 5.32 Å². The summed E-state index contributed by atoms with van der Waals surface area (Å²) < 4.78 is 4.84. The number of hydrogen-bond acceptors (Lipinski definition) is 2. The van der Waals surface area contributed by atoms with Crippen LogP contribution in [-0.2, 0) is 10.3 Å². The minimum absolute atomic E-state index is 0.385. The molecule has 1 aromatic carbocycles. The number of benzene rings is 1. The summed E-state index contributed by atoms with van der Waals surface area (Å²) in [5.74, 6) is 0. The first kappa shape index (κ1) is 10.3. The Morgan fingerprint density at radius 1 is 1.47 bits per heavy atom. The van der Waals surface area contributed by atoms with Crippen LogP contribution in [0.2, 0.25) is 5.02 Å². The first-order chi connectivity index (χ1) is 7.12. The maximum atomic E-state index is 11.2. The molecule has 0 aliphatic carbocycles. The van der Waals surface area contributed by atoms with Gasteiger partial charge in [-0.15, -0.1) is 0 Å². The molecule has 4 heteroatoms. The minimum atomic E-state index is -0.423. The van der Waals surface area contributed by atoms with Crippen molar-refractivity contribution in [2.45, 2.75) is 18.9 Å². The molecule has 1 aliphatic rings. The molecule has 15 heavy (non-hydrogen) atoms. The van der Waals surface area contributed by atoms with Gasteiger partial charge in [0, 0.05) is 11.4 Å². The van der Waals surface area contributed by atoms with E-state index in [1.165, 1.54) is 0 Å². The summed E-state index contributed by atoms with van der Waals surface area (Å²) in [5.41, 5.74) is 0.511. The van der Waals surface area contributed by atoms with E-state index >= 15 is 0 Å². The Morgan fingerprint density at radius 2 is 2.20 bits per heavy atom. The molecule has 0 aromatic heterocycles. The van der Waals surface area contributed by atoms with Crippen LogP contribution >= 0.6 is 11.6 Å². The average molecular weight is 226 g/mol. The van der Waals surface area contributed by atoms with Gasteiger partial charge in [-0.05, 0) is 18.6 Å². The van der Waals surface area contributed by atoms with Crippen LogP contribution in [0.5, 0.6) is 0 Å². The minimum Gasteiger partial charge on any atom is -0.449 e. The van der Waals surface area contributed by atoms with Crippen LogP contribution in [0.25, 0.3) is 0 Å². The highest BCUT2D eigenvalue weighted by Gasteiger charge is 2.34. The van der Waals surface area contributed by atoms with Crippen molar-refractivity contribution in [1.29, 1.82) is 0 Å². The second kappa shape index (κ2) is 3.74. The summed E-state index contributed by atoms with van der Waals surface area (Å²) in [6.45, 7) is 2.38. The third kappa shape index (κ3) is 1.92. The van der Waals surface area contributed by atoms with Crippen molar-refractivity contribution in [3.8, 4) is 0 Å². The second-order valence-corrected chi connectivity index (χ2v) is 4.23. The highest BCUT2D eigenvalue weighted by Crippen LogP contribution is 2.32. The predicted octanol–water partition coefficient (Wildman–Crippen LogP) is 2.69. The van der Waals surface area contributed by atoms with Crippen molar-refractivity contribution < 1.29 is 9.53 Å². The fourth-order valence-corrected chi connectivity index (χ4v) is 2.13. The monoisotopic (exact) mass is 225 g/mol. The maximum Gasteiger partial charge on any atom is 0.407 e. The van der Waals surface area contributed by atoms with Crippen LogP contribution in [0.4, 0.5) is 4.79 Å². The van der Waals surface area contributed by atoms with Gasteiger partial charge in [-0.2, -0.15) is 0 Å². The predicted molar refractivity (Wildman–Crippen MR) is 57.9 cm³/mol. The topological polar surface area (TPSA) is 38.3 Å². The zero-order chi connectivity index (χ0) is 10.9. The fourth-order valence-electron chi connectivity index (χ4n) is 1.78. The molecule has 80 valence electrons. The number of ether oxygens (including phenoxy) is 1. The van der Waals surface area contributed by atoms with Gasteiger partial charge in [-0.3, -0.25) is 0 Å². The van der Waals surface area contributed by atoms with E-state index in [0.717, 1.165) is 12.0 Å². The smallest absolute Gasteiger partial charge is 0.407 e. The Kier molecular flexibility index (Phi) is 2.57. The van der Waals surface area contributed by atoms with E-state index in [9.17, 15) is 4.79 Å². The van der Waals surface area contributed by atoms with E-state index in [0.29, 0.717) is 11.6 Å². The van der Waals surface area contributed by atoms with Crippen molar-refractivity contribution in [2.24, 2.45) is 0 Å². The van der Waals surface area contributed by atoms with Crippen LogP contribution in [0.1, 0.15) is 18.9 Å². The fraction of sp³-hybridized carbons (Fsp3) is 0.364. The van der Waals surface area contributed by atoms with Gasteiger partial charge in [-0.1, -0.05) is 29.8 Å². The summed E-state index contributed by atoms with van der Waals surface area (Å²) in [4.78, 5) is 11.2. The quantitative estimate of drug-likeness (QED) is 0.798. The van der Waals surface area contributed by atoms with E-state index in [-0.39, 0.29) is 6.09 Å². The van der Waals surface area contributed by atoms with Crippen LogP contribution < -0.4 is 5.32 Å². The Morgan fingerprint density at radius 3 is 2.87 bits per heavy atom.